The second-order valence-electron chi connectivity index (χ2n) is 5.01. The fourth-order valence-corrected chi connectivity index (χ4v) is 2.62. The standard InChI is InChI=1S/C15H16FN3O2/c1-21-14-6-7-17-15(18-14)19-9-12(20)8-13(19)10-2-4-11(16)5-3-10/h2-7,12-13,20H,8-9H2,1H3/t12-,13-/m1/s1. The predicted octanol–water partition coefficient (Wildman–Crippen LogP) is 1.94. The van der Waals surface area contributed by atoms with Gasteiger partial charge in [0.15, 0.2) is 0 Å². The van der Waals surface area contributed by atoms with Crippen LogP contribution in [-0.2, 0) is 0 Å². The van der Waals surface area contributed by atoms with Gasteiger partial charge in [-0.3, -0.25) is 0 Å². The van der Waals surface area contributed by atoms with Gasteiger partial charge in [0.05, 0.1) is 19.3 Å². The summed E-state index contributed by atoms with van der Waals surface area (Å²) in [5.74, 6) is 0.695. The van der Waals surface area contributed by atoms with Crippen molar-refractivity contribution < 1.29 is 14.2 Å². The third kappa shape index (κ3) is 2.80. The topological polar surface area (TPSA) is 58.5 Å². The molecule has 2 atom stereocenters. The molecular weight excluding hydrogens is 273 g/mol. The highest BCUT2D eigenvalue weighted by molar-refractivity contribution is 5.40. The van der Waals surface area contributed by atoms with E-state index in [0.717, 1.165) is 5.56 Å². The summed E-state index contributed by atoms with van der Waals surface area (Å²) in [4.78, 5) is 10.5. The number of hydrogen-bond acceptors (Lipinski definition) is 5. The molecule has 2 heterocycles. The van der Waals surface area contributed by atoms with Crippen LogP contribution in [0.25, 0.3) is 0 Å². The Kier molecular flexibility index (Phi) is 3.70. The van der Waals surface area contributed by atoms with Gasteiger partial charge < -0.3 is 14.7 Å². The molecule has 0 amide bonds. The highest BCUT2D eigenvalue weighted by Gasteiger charge is 2.33. The van der Waals surface area contributed by atoms with Crippen molar-refractivity contribution in [3.8, 4) is 5.88 Å². The number of halogens is 1. The van der Waals surface area contributed by atoms with Crippen LogP contribution in [0.1, 0.15) is 18.0 Å². The summed E-state index contributed by atoms with van der Waals surface area (Å²) in [6, 6.07) is 7.89. The molecule has 6 heteroatoms. The van der Waals surface area contributed by atoms with Crippen LogP contribution in [0.2, 0.25) is 0 Å². The number of ether oxygens (including phenoxy) is 1. The molecule has 0 radical (unpaired) electrons. The summed E-state index contributed by atoms with van der Waals surface area (Å²) < 4.78 is 18.2. The van der Waals surface area contributed by atoms with Gasteiger partial charge in [0.1, 0.15) is 5.82 Å². The second-order valence-corrected chi connectivity index (χ2v) is 5.01. The Morgan fingerprint density at radius 3 is 2.76 bits per heavy atom. The average molecular weight is 289 g/mol. The van der Waals surface area contributed by atoms with Gasteiger partial charge in [-0.25, -0.2) is 9.37 Å². The Bertz CT molecular complexity index is 621. The van der Waals surface area contributed by atoms with E-state index in [9.17, 15) is 9.50 Å². The molecule has 1 aromatic heterocycles. The van der Waals surface area contributed by atoms with Gasteiger partial charge in [-0.2, -0.15) is 4.98 Å². The molecular formula is C15H16FN3O2. The molecule has 1 saturated heterocycles. The Labute approximate surface area is 122 Å². The van der Waals surface area contributed by atoms with Crippen LogP contribution in [0.15, 0.2) is 36.5 Å². The number of methoxy groups -OCH3 is 1. The lowest BCUT2D eigenvalue weighted by atomic mass is 10.0. The van der Waals surface area contributed by atoms with Crippen LogP contribution < -0.4 is 9.64 Å². The van der Waals surface area contributed by atoms with Gasteiger partial charge in [-0.15, -0.1) is 0 Å². The zero-order chi connectivity index (χ0) is 14.8. The van der Waals surface area contributed by atoms with E-state index < -0.39 is 6.10 Å². The van der Waals surface area contributed by atoms with E-state index in [1.807, 2.05) is 4.90 Å². The number of aliphatic hydroxyl groups is 1. The van der Waals surface area contributed by atoms with Crippen molar-refractivity contribution in [3.05, 3.63) is 47.9 Å². The van der Waals surface area contributed by atoms with Crippen molar-refractivity contribution in [2.24, 2.45) is 0 Å². The smallest absolute Gasteiger partial charge is 0.229 e. The first-order chi connectivity index (χ1) is 10.2. The Morgan fingerprint density at radius 1 is 1.29 bits per heavy atom. The number of β-amino-alcohol motifs (C(OH)–C–C–N with tert-alkyl or cyclic N) is 1. The number of hydrogen-bond donors (Lipinski definition) is 1. The van der Waals surface area contributed by atoms with Gasteiger partial charge in [0.2, 0.25) is 11.8 Å². The number of aromatic nitrogens is 2. The largest absolute Gasteiger partial charge is 0.481 e. The van der Waals surface area contributed by atoms with Crippen LogP contribution in [-0.4, -0.2) is 34.8 Å². The van der Waals surface area contributed by atoms with Crippen LogP contribution in [0, 0.1) is 5.82 Å². The van der Waals surface area contributed by atoms with E-state index in [1.54, 1.807) is 31.5 Å². The van der Waals surface area contributed by atoms with Crippen molar-refractivity contribution in [3.63, 3.8) is 0 Å². The van der Waals surface area contributed by atoms with E-state index in [2.05, 4.69) is 9.97 Å². The minimum Gasteiger partial charge on any atom is -0.481 e. The molecule has 0 spiro atoms. The van der Waals surface area contributed by atoms with Crippen LogP contribution in [0.4, 0.5) is 10.3 Å². The molecule has 21 heavy (non-hydrogen) atoms. The average Bonchev–Trinajstić information content (AvgIpc) is 2.90. The van der Waals surface area contributed by atoms with Gasteiger partial charge in [0.25, 0.3) is 0 Å². The van der Waals surface area contributed by atoms with Crippen LogP contribution in [0.3, 0.4) is 0 Å². The summed E-state index contributed by atoms with van der Waals surface area (Å²) >= 11 is 0. The zero-order valence-electron chi connectivity index (χ0n) is 11.6. The minimum atomic E-state index is -0.463. The fourth-order valence-electron chi connectivity index (χ4n) is 2.62. The van der Waals surface area contributed by atoms with Crippen molar-refractivity contribution in [2.75, 3.05) is 18.6 Å². The molecule has 0 unspecified atom stereocenters. The molecule has 1 N–H and O–H groups in total. The summed E-state index contributed by atoms with van der Waals surface area (Å²) in [6.45, 7) is 0.440. The second kappa shape index (κ2) is 5.65. The maximum atomic E-state index is 13.1. The Balaban J connectivity index is 1.93. The van der Waals surface area contributed by atoms with Gasteiger partial charge in [-0.1, -0.05) is 12.1 Å². The molecule has 5 nitrogen and oxygen atoms in total. The third-order valence-corrected chi connectivity index (χ3v) is 3.62. The first kappa shape index (κ1) is 13.8. The number of anilines is 1. The van der Waals surface area contributed by atoms with E-state index in [4.69, 9.17) is 4.74 Å². The molecule has 0 saturated carbocycles. The SMILES string of the molecule is COc1ccnc(N2C[C@H](O)C[C@@H]2c2ccc(F)cc2)n1. The molecule has 0 bridgehead atoms. The maximum absolute atomic E-state index is 13.1. The molecule has 1 aliphatic rings. The van der Waals surface area contributed by atoms with Crippen molar-refractivity contribution >= 4 is 5.95 Å². The van der Waals surface area contributed by atoms with Crippen molar-refractivity contribution in [1.82, 2.24) is 9.97 Å². The van der Waals surface area contributed by atoms with Crippen molar-refractivity contribution in [2.45, 2.75) is 18.6 Å². The van der Waals surface area contributed by atoms with Gasteiger partial charge >= 0.3 is 0 Å². The molecule has 0 aliphatic carbocycles. The number of aliphatic hydroxyl groups excluding tert-OH is 1. The quantitative estimate of drug-likeness (QED) is 0.935. The van der Waals surface area contributed by atoms with E-state index in [-0.39, 0.29) is 11.9 Å². The maximum Gasteiger partial charge on any atom is 0.229 e. The summed E-state index contributed by atoms with van der Waals surface area (Å²) in [7, 11) is 1.54. The normalized spacial score (nSPS) is 21.6. The monoisotopic (exact) mass is 289 g/mol. The van der Waals surface area contributed by atoms with Crippen LogP contribution >= 0.6 is 0 Å². The van der Waals surface area contributed by atoms with Crippen molar-refractivity contribution in [1.29, 1.82) is 0 Å². The molecule has 3 rings (SSSR count). The first-order valence-corrected chi connectivity index (χ1v) is 6.74. The molecule has 2 aromatic rings. The highest BCUT2D eigenvalue weighted by Crippen LogP contribution is 2.35. The molecule has 1 fully saturated rings. The van der Waals surface area contributed by atoms with Gasteiger partial charge in [0, 0.05) is 18.8 Å². The molecule has 110 valence electrons. The predicted molar refractivity (Wildman–Crippen MR) is 75.7 cm³/mol. The summed E-state index contributed by atoms with van der Waals surface area (Å²) in [5, 5.41) is 9.97. The van der Waals surface area contributed by atoms with E-state index in [1.165, 1.54) is 12.1 Å². The minimum absolute atomic E-state index is 0.0762. The molecule has 1 aromatic carbocycles. The summed E-state index contributed by atoms with van der Waals surface area (Å²) in [5.41, 5.74) is 0.930. The lowest BCUT2D eigenvalue weighted by molar-refractivity contribution is 0.194. The van der Waals surface area contributed by atoms with E-state index in [0.29, 0.717) is 24.8 Å². The Morgan fingerprint density at radius 2 is 2.05 bits per heavy atom. The fraction of sp³-hybridized carbons (Fsp3) is 0.333. The lowest BCUT2D eigenvalue weighted by Gasteiger charge is -2.24. The summed E-state index contributed by atoms with van der Waals surface area (Å²) in [6.07, 6.45) is 1.72. The highest BCUT2D eigenvalue weighted by atomic mass is 19.1. The zero-order valence-corrected chi connectivity index (χ0v) is 11.6. The Hall–Kier alpha value is -2.21. The lowest BCUT2D eigenvalue weighted by Crippen LogP contribution is -2.26. The third-order valence-electron chi connectivity index (χ3n) is 3.62. The number of benzene rings is 1. The number of rotatable bonds is 3. The van der Waals surface area contributed by atoms with Crippen LogP contribution in [0.5, 0.6) is 5.88 Å². The number of nitrogens with zero attached hydrogens (tertiary/aromatic N) is 3. The van der Waals surface area contributed by atoms with E-state index >= 15 is 0 Å². The van der Waals surface area contributed by atoms with Gasteiger partial charge in [-0.05, 0) is 24.1 Å². The first-order valence-electron chi connectivity index (χ1n) is 6.74. The molecule has 1 aliphatic heterocycles.